The fraction of sp³-hybridized carbons (Fsp3) is 0.348. The summed E-state index contributed by atoms with van der Waals surface area (Å²) in [5, 5.41) is 6.44. The Bertz CT molecular complexity index is 1010. The fourth-order valence-corrected chi connectivity index (χ4v) is 4.20. The Labute approximate surface area is 197 Å². The van der Waals surface area contributed by atoms with Gasteiger partial charge in [0.25, 0.3) is 0 Å². The average molecular weight is 477 g/mol. The Balaban J connectivity index is 1.73. The van der Waals surface area contributed by atoms with Crippen LogP contribution in [0.4, 0.5) is 17.1 Å². The van der Waals surface area contributed by atoms with Crippen molar-refractivity contribution in [3.8, 4) is 0 Å². The Morgan fingerprint density at radius 3 is 2.66 bits per heavy atom. The van der Waals surface area contributed by atoms with Gasteiger partial charge in [0, 0.05) is 17.5 Å². The Morgan fingerprint density at radius 2 is 1.94 bits per heavy atom. The van der Waals surface area contributed by atoms with Gasteiger partial charge in [0.15, 0.2) is 0 Å². The third kappa shape index (κ3) is 6.00. The molecule has 0 saturated heterocycles. The van der Waals surface area contributed by atoms with Crippen molar-refractivity contribution < 1.29 is 14.4 Å². The second kappa shape index (κ2) is 10.8. The summed E-state index contributed by atoms with van der Waals surface area (Å²) < 4.78 is 0. The van der Waals surface area contributed by atoms with Crippen LogP contribution in [0.2, 0.25) is 10.0 Å². The summed E-state index contributed by atoms with van der Waals surface area (Å²) in [6.45, 7) is 4.47. The molecule has 1 atom stereocenters. The van der Waals surface area contributed by atoms with Crippen molar-refractivity contribution in [3.05, 3.63) is 52.5 Å². The van der Waals surface area contributed by atoms with Gasteiger partial charge in [-0.05, 0) is 50.2 Å². The second-order valence-electron chi connectivity index (χ2n) is 7.77. The molecule has 2 aromatic rings. The number of benzene rings is 2. The highest BCUT2D eigenvalue weighted by molar-refractivity contribution is 6.36. The van der Waals surface area contributed by atoms with Gasteiger partial charge in [-0.25, -0.2) is 0 Å². The molecule has 9 heteroatoms. The number of carbonyl (C=O) groups excluding carboxylic acids is 3. The predicted octanol–water partition coefficient (Wildman–Crippen LogP) is 4.41. The molecule has 0 saturated carbocycles. The zero-order valence-electron chi connectivity index (χ0n) is 18.0. The van der Waals surface area contributed by atoms with Crippen LogP contribution in [-0.4, -0.2) is 48.3 Å². The maximum atomic E-state index is 13.3. The van der Waals surface area contributed by atoms with E-state index in [2.05, 4.69) is 10.6 Å². The number of halogens is 2. The predicted molar refractivity (Wildman–Crippen MR) is 128 cm³/mol. The molecule has 0 spiro atoms. The first-order chi connectivity index (χ1) is 15.3. The van der Waals surface area contributed by atoms with Crippen LogP contribution in [0.25, 0.3) is 0 Å². The number of hydrogen-bond donors (Lipinski definition) is 2. The summed E-state index contributed by atoms with van der Waals surface area (Å²) in [4.78, 5) is 41.6. The van der Waals surface area contributed by atoms with Crippen molar-refractivity contribution in [1.29, 1.82) is 0 Å². The number of fused-ring (bicyclic) bond motifs is 1. The molecule has 0 radical (unpaired) electrons. The van der Waals surface area contributed by atoms with Crippen LogP contribution < -0.4 is 15.5 Å². The smallest absolute Gasteiger partial charge is 0.241 e. The van der Waals surface area contributed by atoms with E-state index in [1.807, 2.05) is 32.0 Å². The number of para-hydroxylation sites is 2. The molecule has 170 valence electrons. The molecule has 0 aromatic heterocycles. The molecular weight excluding hydrogens is 451 g/mol. The number of nitrogens with zero attached hydrogens (tertiary/aromatic N) is 2. The van der Waals surface area contributed by atoms with Crippen LogP contribution in [-0.2, 0) is 14.4 Å². The van der Waals surface area contributed by atoms with E-state index in [1.54, 1.807) is 34.1 Å². The molecule has 1 aliphatic rings. The maximum absolute atomic E-state index is 13.3. The molecule has 1 aliphatic heterocycles. The van der Waals surface area contributed by atoms with Crippen LogP contribution >= 0.6 is 23.2 Å². The standard InChI is InChI=1S/C23H26Cl2N4O3/c1-3-10-28(13-22(31)26-18-9-8-16(24)12-17(18)25)14-23(32)29-15(2)11-21(30)27-19-6-4-5-7-20(19)29/h4-9,12,15H,3,10-11,13-14H2,1-2H3,(H,26,31)(H,27,30). The van der Waals surface area contributed by atoms with Gasteiger partial charge in [-0.1, -0.05) is 42.3 Å². The lowest BCUT2D eigenvalue weighted by atomic mass is 10.1. The highest BCUT2D eigenvalue weighted by Crippen LogP contribution is 2.31. The number of carbonyl (C=O) groups is 3. The molecule has 3 rings (SSSR count). The van der Waals surface area contributed by atoms with E-state index in [1.165, 1.54) is 0 Å². The monoisotopic (exact) mass is 476 g/mol. The van der Waals surface area contributed by atoms with Crippen molar-refractivity contribution in [1.82, 2.24) is 4.90 Å². The number of amides is 3. The van der Waals surface area contributed by atoms with Crippen LogP contribution in [0, 0.1) is 0 Å². The molecule has 3 amide bonds. The largest absolute Gasteiger partial charge is 0.324 e. The number of anilines is 3. The van der Waals surface area contributed by atoms with E-state index in [0.29, 0.717) is 33.7 Å². The second-order valence-corrected chi connectivity index (χ2v) is 8.61. The first-order valence-electron chi connectivity index (χ1n) is 10.5. The minimum atomic E-state index is -0.309. The Hall–Kier alpha value is -2.61. The van der Waals surface area contributed by atoms with E-state index < -0.39 is 0 Å². The van der Waals surface area contributed by atoms with Crippen molar-refractivity contribution in [2.45, 2.75) is 32.7 Å². The first-order valence-corrected chi connectivity index (χ1v) is 11.2. The molecule has 2 N–H and O–H groups in total. The zero-order chi connectivity index (χ0) is 23.3. The normalized spacial score (nSPS) is 15.7. The highest BCUT2D eigenvalue weighted by Gasteiger charge is 2.30. The Morgan fingerprint density at radius 1 is 1.19 bits per heavy atom. The van der Waals surface area contributed by atoms with Crippen LogP contribution in [0.15, 0.2) is 42.5 Å². The number of rotatable bonds is 7. The SMILES string of the molecule is CCCN(CC(=O)Nc1ccc(Cl)cc1Cl)CC(=O)N1c2ccccc2NC(=O)CC1C. The summed E-state index contributed by atoms with van der Waals surface area (Å²) in [6, 6.07) is 11.8. The first kappa shape index (κ1) is 24.0. The lowest BCUT2D eigenvalue weighted by Gasteiger charge is -2.30. The average Bonchev–Trinajstić information content (AvgIpc) is 2.84. The van der Waals surface area contributed by atoms with Gasteiger partial charge in [0.2, 0.25) is 17.7 Å². The lowest BCUT2D eigenvalue weighted by molar-refractivity contribution is -0.121. The van der Waals surface area contributed by atoms with Crippen molar-refractivity contribution in [2.75, 3.05) is 35.2 Å². The summed E-state index contributed by atoms with van der Waals surface area (Å²) in [7, 11) is 0. The van der Waals surface area contributed by atoms with Crippen molar-refractivity contribution in [3.63, 3.8) is 0 Å². The van der Waals surface area contributed by atoms with Crippen LogP contribution in [0.5, 0.6) is 0 Å². The van der Waals surface area contributed by atoms with Gasteiger partial charge in [-0.2, -0.15) is 0 Å². The molecule has 32 heavy (non-hydrogen) atoms. The molecule has 0 aliphatic carbocycles. The van der Waals surface area contributed by atoms with E-state index in [0.717, 1.165) is 6.42 Å². The number of nitrogens with one attached hydrogen (secondary N) is 2. The van der Waals surface area contributed by atoms with E-state index in [9.17, 15) is 14.4 Å². The van der Waals surface area contributed by atoms with Gasteiger partial charge >= 0.3 is 0 Å². The third-order valence-corrected chi connectivity index (χ3v) is 5.65. The highest BCUT2D eigenvalue weighted by atomic mass is 35.5. The lowest BCUT2D eigenvalue weighted by Crippen LogP contribution is -2.46. The van der Waals surface area contributed by atoms with Crippen LogP contribution in [0.1, 0.15) is 26.7 Å². The maximum Gasteiger partial charge on any atom is 0.241 e. The van der Waals surface area contributed by atoms with Gasteiger partial charge in [-0.3, -0.25) is 19.3 Å². The minimum Gasteiger partial charge on any atom is -0.324 e. The zero-order valence-corrected chi connectivity index (χ0v) is 19.5. The molecule has 7 nitrogen and oxygen atoms in total. The Kier molecular flexibility index (Phi) is 8.12. The minimum absolute atomic E-state index is 0.0274. The molecule has 2 aromatic carbocycles. The molecular formula is C23H26Cl2N4O3. The summed E-state index contributed by atoms with van der Waals surface area (Å²) in [5.74, 6) is -0.589. The van der Waals surface area contributed by atoms with Gasteiger partial charge < -0.3 is 15.5 Å². The van der Waals surface area contributed by atoms with Gasteiger partial charge in [0.1, 0.15) is 0 Å². The third-order valence-electron chi connectivity index (χ3n) is 5.10. The number of hydrogen-bond acceptors (Lipinski definition) is 4. The van der Waals surface area contributed by atoms with Gasteiger partial charge in [0.05, 0.1) is 35.2 Å². The van der Waals surface area contributed by atoms with E-state index in [4.69, 9.17) is 23.2 Å². The van der Waals surface area contributed by atoms with Gasteiger partial charge in [-0.15, -0.1) is 0 Å². The topological polar surface area (TPSA) is 81.8 Å². The van der Waals surface area contributed by atoms with Crippen molar-refractivity contribution in [2.24, 2.45) is 0 Å². The summed E-state index contributed by atoms with van der Waals surface area (Å²) in [6.07, 6.45) is 0.970. The molecule has 0 bridgehead atoms. The fourth-order valence-electron chi connectivity index (χ4n) is 3.75. The summed E-state index contributed by atoms with van der Waals surface area (Å²) in [5.41, 5.74) is 1.72. The van der Waals surface area contributed by atoms with E-state index >= 15 is 0 Å². The van der Waals surface area contributed by atoms with Crippen molar-refractivity contribution >= 4 is 58.0 Å². The summed E-state index contributed by atoms with van der Waals surface area (Å²) >= 11 is 12.0. The quantitative estimate of drug-likeness (QED) is 0.619. The van der Waals surface area contributed by atoms with E-state index in [-0.39, 0.29) is 43.3 Å². The molecule has 0 fully saturated rings. The molecule has 1 unspecified atom stereocenters. The molecule has 1 heterocycles. The van der Waals surface area contributed by atoms with Crippen LogP contribution in [0.3, 0.4) is 0 Å².